The van der Waals surface area contributed by atoms with Crippen LogP contribution in [0.1, 0.15) is 32.3 Å². The Hall–Kier alpha value is -2.61. The molecule has 2 aromatic rings. The molecular weight excluding hydrogens is 368 g/mol. The van der Waals surface area contributed by atoms with Crippen LogP contribution in [0.4, 0.5) is 11.8 Å². The Morgan fingerprint density at radius 1 is 1.00 bits per heavy atom. The Bertz CT molecular complexity index is 804. The number of hydrogen-bond donors (Lipinski definition) is 0. The van der Waals surface area contributed by atoms with Crippen molar-refractivity contribution in [3.05, 3.63) is 30.0 Å². The molecule has 0 N–H and O–H groups in total. The first-order valence-corrected chi connectivity index (χ1v) is 10.6. The Kier molecular flexibility index (Phi) is 6.29. The van der Waals surface area contributed by atoms with E-state index in [0.717, 1.165) is 81.9 Å². The van der Waals surface area contributed by atoms with Crippen LogP contribution in [0.3, 0.4) is 0 Å². The molecule has 0 spiro atoms. The van der Waals surface area contributed by atoms with E-state index in [9.17, 15) is 0 Å². The molecule has 1 fully saturated rings. The summed E-state index contributed by atoms with van der Waals surface area (Å²) in [6, 6.07) is 6.20. The molecule has 0 bridgehead atoms. The van der Waals surface area contributed by atoms with Gasteiger partial charge in [-0.05, 0) is 30.5 Å². The van der Waals surface area contributed by atoms with Gasteiger partial charge in [0.15, 0.2) is 17.3 Å². The molecule has 2 aliphatic heterocycles. The number of ether oxygens (including phenoxy) is 2. The van der Waals surface area contributed by atoms with Crippen molar-refractivity contribution >= 4 is 11.8 Å². The molecule has 0 amide bonds. The first-order chi connectivity index (χ1) is 14.3. The molecule has 3 heterocycles. The summed E-state index contributed by atoms with van der Waals surface area (Å²) >= 11 is 0. The highest BCUT2D eigenvalue weighted by atomic mass is 16.7. The SMILES string of the molecule is CCCN(CCC)c1cnnc(N2CCN(Cc3ccc4c(c3)OCO4)CC2)n1. The van der Waals surface area contributed by atoms with Crippen molar-refractivity contribution in [2.24, 2.45) is 0 Å². The summed E-state index contributed by atoms with van der Waals surface area (Å²) in [6.07, 6.45) is 3.97. The first-order valence-electron chi connectivity index (χ1n) is 10.6. The fourth-order valence-corrected chi connectivity index (χ4v) is 3.86. The molecule has 0 saturated carbocycles. The normalized spacial score (nSPS) is 16.3. The van der Waals surface area contributed by atoms with Crippen molar-refractivity contribution in [3.8, 4) is 11.5 Å². The number of aromatic nitrogens is 3. The van der Waals surface area contributed by atoms with Gasteiger partial charge in [-0.15, -0.1) is 5.10 Å². The average molecular weight is 399 g/mol. The second-order valence-electron chi connectivity index (χ2n) is 7.55. The van der Waals surface area contributed by atoms with Gasteiger partial charge >= 0.3 is 0 Å². The van der Waals surface area contributed by atoms with Crippen molar-refractivity contribution in [3.63, 3.8) is 0 Å². The maximum Gasteiger partial charge on any atom is 0.247 e. The highest BCUT2D eigenvalue weighted by Crippen LogP contribution is 2.32. The van der Waals surface area contributed by atoms with Crippen molar-refractivity contribution in [1.82, 2.24) is 20.1 Å². The van der Waals surface area contributed by atoms with Crippen molar-refractivity contribution < 1.29 is 9.47 Å². The molecule has 156 valence electrons. The largest absolute Gasteiger partial charge is 0.454 e. The van der Waals surface area contributed by atoms with Gasteiger partial charge in [0.05, 0.1) is 6.20 Å². The van der Waals surface area contributed by atoms with E-state index >= 15 is 0 Å². The van der Waals surface area contributed by atoms with Gasteiger partial charge in [0.1, 0.15) is 0 Å². The molecule has 0 radical (unpaired) electrons. The summed E-state index contributed by atoms with van der Waals surface area (Å²) < 4.78 is 10.9. The molecule has 2 aliphatic rings. The summed E-state index contributed by atoms with van der Waals surface area (Å²) in [5, 5.41) is 8.53. The number of fused-ring (bicyclic) bond motifs is 1. The van der Waals surface area contributed by atoms with Gasteiger partial charge < -0.3 is 19.3 Å². The summed E-state index contributed by atoms with van der Waals surface area (Å²) in [5.74, 6) is 3.35. The standard InChI is InChI=1S/C21H30N6O2/c1-3-7-26(8-4-2)20-14-22-24-21(23-20)27-11-9-25(10-12-27)15-17-5-6-18-19(13-17)29-16-28-18/h5-6,13-14H,3-4,7-12,15-16H2,1-2H3. The predicted molar refractivity (Wildman–Crippen MR) is 113 cm³/mol. The van der Waals surface area contributed by atoms with Crippen LogP contribution in [-0.4, -0.2) is 66.1 Å². The van der Waals surface area contributed by atoms with Crippen LogP contribution in [0.2, 0.25) is 0 Å². The highest BCUT2D eigenvalue weighted by Gasteiger charge is 2.21. The number of rotatable bonds is 8. The van der Waals surface area contributed by atoms with E-state index in [1.54, 1.807) is 6.20 Å². The minimum absolute atomic E-state index is 0.318. The Labute approximate surface area is 172 Å². The molecule has 1 aromatic carbocycles. The van der Waals surface area contributed by atoms with Gasteiger partial charge in [0.2, 0.25) is 12.7 Å². The molecule has 1 aromatic heterocycles. The van der Waals surface area contributed by atoms with Crippen molar-refractivity contribution in [2.75, 3.05) is 55.9 Å². The van der Waals surface area contributed by atoms with Crippen LogP contribution in [0.15, 0.2) is 24.4 Å². The highest BCUT2D eigenvalue weighted by molar-refractivity contribution is 5.45. The fourth-order valence-electron chi connectivity index (χ4n) is 3.86. The Balaban J connectivity index is 1.35. The third kappa shape index (κ3) is 4.70. The third-order valence-electron chi connectivity index (χ3n) is 5.34. The third-order valence-corrected chi connectivity index (χ3v) is 5.34. The van der Waals surface area contributed by atoms with Gasteiger partial charge in [0, 0.05) is 45.8 Å². The molecular formula is C21H30N6O2. The van der Waals surface area contributed by atoms with Gasteiger partial charge in [0.25, 0.3) is 0 Å². The van der Waals surface area contributed by atoms with E-state index in [1.807, 2.05) is 6.07 Å². The maximum atomic E-state index is 5.49. The summed E-state index contributed by atoms with van der Waals surface area (Å²) in [5.41, 5.74) is 1.25. The lowest BCUT2D eigenvalue weighted by atomic mass is 10.1. The van der Waals surface area contributed by atoms with Crippen molar-refractivity contribution in [1.29, 1.82) is 0 Å². The zero-order chi connectivity index (χ0) is 20.1. The van der Waals surface area contributed by atoms with E-state index in [0.29, 0.717) is 6.79 Å². The van der Waals surface area contributed by atoms with Gasteiger partial charge in [-0.1, -0.05) is 19.9 Å². The molecule has 8 heteroatoms. The predicted octanol–water partition coefficient (Wildman–Crippen LogP) is 2.55. The zero-order valence-corrected chi connectivity index (χ0v) is 17.4. The van der Waals surface area contributed by atoms with Gasteiger partial charge in [-0.2, -0.15) is 10.1 Å². The zero-order valence-electron chi connectivity index (χ0n) is 17.4. The number of piperazine rings is 1. The number of nitrogens with zero attached hydrogens (tertiary/aromatic N) is 6. The number of hydrogen-bond acceptors (Lipinski definition) is 8. The van der Waals surface area contributed by atoms with Gasteiger partial charge in [-0.3, -0.25) is 4.90 Å². The monoisotopic (exact) mass is 398 g/mol. The van der Waals surface area contributed by atoms with E-state index in [2.05, 4.69) is 50.9 Å². The lowest BCUT2D eigenvalue weighted by molar-refractivity contribution is 0.174. The Morgan fingerprint density at radius 3 is 2.52 bits per heavy atom. The van der Waals surface area contributed by atoms with Crippen molar-refractivity contribution in [2.45, 2.75) is 33.2 Å². The van der Waals surface area contributed by atoms with Crippen LogP contribution < -0.4 is 19.3 Å². The summed E-state index contributed by atoms with van der Waals surface area (Å²) in [4.78, 5) is 11.8. The number of benzene rings is 1. The maximum absolute atomic E-state index is 5.49. The molecule has 0 atom stereocenters. The van der Waals surface area contributed by atoms with Gasteiger partial charge in [-0.25, -0.2) is 0 Å². The molecule has 29 heavy (non-hydrogen) atoms. The van der Waals surface area contributed by atoms with Crippen LogP contribution in [0, 0.1) is 0 Å². The summed E-state index contributed by atoms with van der Waals surface area (Å²) in [7, 11) is 0. The minimum atomic E-state index is 0.318. The second-order valence-corrected chi connectivity index (χ2v) is 7.55. The topological polar surface area (TPSA) is 66.9 Å². The molecule has 4 rings (SSSR count). The molecule has 0 aliphatic carbocycles. The second kappa shape index (κ2) is 9.26. The quantitative estimate of drug-likeness (QED) is 0.672. The lowest BCUT2D eigenvalue weighted by Crippen LogP contribution is -2.46. The summed E-state index contributed by atoms with van der Waals surface area (Å²) in [6.45, 7) is 11.3. The van der Waals surface area contributed by atoms with E-state index in [1.165, 1.54) is 5.56 Å². The van der Waals surface area contributed by atoms with E-state index in [4.69, 9.17) is 14.5 Å². The van der Waals surface area contributed by atoms with E-state index in [-0.39, 0.29) is 0 Å². The first kappa shape index (κ1) is 19.7. The average Bonchev–Trinajstić information content (AvgIpc) is 3.22. The molecule has 8 nitrogen and oxygen atoms in total. The van der Waals surface area contributed by atoms with Crippen LogP contribution in [-0.2, 0) is 6.54 Å². The fraction of sp³-hybridized carbons (Fsp3) is 0.571. The lowest BCUT2D eigenvalue weighted by Gasteiger charge is -2.34. The van der Waals surface area contributed by atoms with Crippen LogP contribution in [0.5, 0.6) is 11.5 Å². The minimum Gasteiger partial charge on any atom is -0.454 e. The van der Waals surface area contributed by atoms with E-state index < -0.39 is 0 Å². The molecule has 0 unspecified atom stereocenters. The number of anilines is 2. The Morgan fingerprint density at radius 2 is 1.76 bits per heavy atom. The van der Waals surface area contributed by atoms with Crippen LogP contribution in [0.25, 0.3) is 0 Å². The smallest absolute Gasteiger partial charge is 0.247 e. The van der Waals surface area contributed by atoms with Crippen LogP contribution >= 0.6 is 0 Å². The molecule has 1 saturated heterocycles.